The molecule has 0 atom stereocenters. The van der Waals surface area contributed by atoms with Gasteiger partial charge in [-0.05, 0) is 37.1 Å². The van der Waals surface area contributed by atoms with Gasteiger partial charge in [0.1, 0.15) is 5.82 Å². The Morgan fingerprint density at radius 1 is 1.30 bits per heavy atom. The zero-order valence-electron chi connectivity index (χ0n) is 11.4. The second-order valence-electron chi connectivity index (χ2n) is 5.25. The van der Waals surface area contributed by atoms with Gasteiger partial charge in [0.2, 0.25) is 5.91 Å². The molecule has 1 amide bonds. The van der Waals surface area contributed by atoms with Crippen molar-refractivity contribution < 1.29 is 14.3 Å². The highest BCUT2D eigenvalue weighted by Crippen LogP contribution is 2.29. The maximum Gasteiger partial charge on any atom is 0.221 e. The summed E-state index contributed by atoms with van der Waals surface area (Å²) in [5, 5.41) is 12.4. The maximum atomic E-state index is 12.7. The predicted molar refractivity (Wildman–Crippen MR) is 78.2 cm³/mol. The molecule has 1 aliphatic rings. The van der Waals surface area contributed by atoms with E-state index >= 15 is 0 Å². The second-order valence-corrected chi connectivity index (χ2v) is 6.41. The van der Waals surface area contributed by atoms with Crippen LogP contribution in [0.2, 0.25) is 0 Å². The Bertz CT molecular complexity index is 444. The molecule has 1 fully saturated rings. The number of nitrogens with one attached hydrogen (secondary N) is 1. The molecule has 1 aromatic carbocycles. The topological polar surface area (TPSA) is 49.3 Å². The Balaban J connectivity index is 1.73. The number of benzene rings is 1. The van der Waals surface area contributed by atoms with Crippen LogP contribution in [0.5, 0.6) is 0 Å². The third-order valence-corrected chi connectivity index (χ3v) is 4.69. The average Bonchev–Trinajstić information content (AvgIpc) is 2.90. The number of thioether (sulfide) groups is 1. The van der Waals surface area contributed by atoms with Crippen molar-refractivity contribution in [2.24, 2.45) is 0 Å². The highest BCUT2D eigenvalue weighted by atomic mass is 32.2. The van der Waals surface area contributed by atoms with Crippen LogP contribution in [0.4, 0.5) is 4.39 Å². The molecule has 0 radical (unpaired) electrons. The van der Waals surface area contributed by atoms with Gasteiger partial charge >= 0.3 is 0 Å². The lowest BCUT2D eigenvalue weighted by molar-refractivity contribution is -0.123. The van der Waals surface area contributed by atoms with Crippen LogP contribution in [0, 0.1) is 5.82 Å². The second kappa shape index (κ2) is 7.09. The predicted octanol–water partition coefficient (Wildman–Crippen LogP) is 2.73. The van der Waals surface area contributed by atoms with Gasteiger partial charge in [-0.25, -0.2) is 4.39 Å². The van der Waals surface area contributed by atoms with E-state index in [9.17, 15) is 14.3 Å². The molecule has 0 unspecified atom stereocenters. The normalized spacial score (nSPS) is 17.1. The molecule has 0 aliphatic heterocycles. The van der Waals surface area contributed by atoms with Crippen molar-refractivity contribution in [1.29, 1.82) is 0 Å². The molecule has 0 saturated heterocycles. The summed E-state index contributed by atoms with van der Waals surface area (Å²) < 4.78 is 12.7. The minimum absolute atomic E-state index is 0.0177. The standard InChI is InChI=1S/C15H20FNO2S/c16-12-3-5-13(6-4-12)20-10-7-14(19)17-15(11-18)8-1-2-9-15/h3-6,18H,1-2,7-11H2,(H,17,19). The van der Waals surface area contributed by atoms with Crippen LogP contribution in [-0.2, 0) is 4.79 Å². The lowest BCUT2D eigenvalue weighted by Gasteiger charge is -2.27. The lowest BCUT2D eigenvalue weighted by Crippen LogP contribution is -2.49. The average molecular weight is 297 g/mol. The molecule has 0 spiro atoms. The fourth-order valence-corrected chi connectivity index (χ4v) is 3.38. The molecule has 5 heteroatoms. The summed E-state index contributed by atoms with van der Waals surface area (Å²) in [6, 6.07) is 6.26. The molecular weight excluding hydrogens is 277 g/mol. The summed E-state index contributed by atoms with van der Waals surface area (Å²) in [5.74, 6) is 0.382. The van der Waals surface area contributed by atoms with Gasteiger partial charge in [-0.1, -0.05) is 12.8 Å². The molecule has 20 heavy (non-hydrogen) atoms. The molecule has 3 nitrogen and oxygen atoms in total. The van der Waals surface area contributed by atoms with Gasteiger partial charge in [-0.15, -0.1) is 11.8 Å². The van der Waals surface area contributed by atoms with Crippen LogP contribution in [0.1, 0.15) is 32.1 Å². The minimum atomic E-state index is -0.391. The van der Waals surface area contributed by atoms with Crippen LogP contribution in [0.25, 0.3) is 0 Å². The fourth-order valence-electron chi connectivity index (χ4n) is 2.53. The highest BCUT2D eigenvalue weighted by Gasteiger charge is 2.34. The number of carbonyl (C=O) groups excluding carboxylic acids is 1. The Kier molecular flexibility index (Phi) is 5.43. The molecule has 1 aromatic rings. The molecule has 2 rings (SSSR count). The van der Waals surface area contributed by atoms with Crippen LogP contribution < -0.4 is 5.32 Å². The monoisotopic (exact) mass is 297 g/mol. The van der Waals surface area contributed by atoms with Crippen molar-refractivity contribution in [1.82, 2.24) is 5.32 Å². The maximum absolute atomic E-state index is 12.7. The molecule has 1 saturated carbocycles. The molecule has 1 aliphatic carbocycles. The number of hydrogen-bond acceptors (Lipinski definition) is 3. The molecule has 0 aromatic heterocycles. The summed E-state index contributed by atoms with van der Waals surface area (Å²) >= 11 is 1.53. The third kappa shape index (κ3) is 4.21. The van der Waals surface area contributed by atoms with Crippen LogP contribution in [0.15, 0.2) is 29.2 Å². The van der Waals surface area contributed by atoms with Crippen molar-refractivity contribution in [3.8, 4) is 0 Å². The van der Waals surface area contributed by atoms with Gasteiger partial charge in [0.15, 0.2) is 0 Å². The third-order valence-electron chi connectivity index (χ3n) is 3.68. The number of rotatable bonds is 6. The molecule has 0 bridgehead atoms. The molecular formula is C15H20FNO2S. The van der Waals surface area contributed by atoms with E-state index in [4.69, 9.17) is 0 Å². The number of hydrogen-bond donors (Lipinski definition) is 2. The quantitative estimate of drug-likeness (QED) is 0.794. The zero-order chi connectivity index (χ0) is 14.4. The van der Waals surface area contributed by atoms with Crippen molar-refractivity contribution in [3.63, 3.8) is 0 Å². The first-order valence-corrected chi connectivity index (χ1v) is 7.92. The van der Waals surface area contributed by atoms with Crippen molar-refractivity contribution in [3.05, 3.63) is 30.1 Å². The summed E-state index contributed by atoms with van der Waals surface area (Å²) in [4.78, 5) is 12.9. The molecule has 0 heterocycles. The van der Waals surface area contributed by atoms with Gasteiger partial charge in [0, 0.05) is 17.1 Å². The van der Waals surface area contributed by atoms with Crippen molar-refractivity contribution in [2.75, 3.05) is 12.4 Å². The molecule has 2 N–H and O–H groups in total. The van der Waals surface area contributed by atoms with Crippen LogP contribution in [0.3, 0.4) is 0 Å². The Morgan fingerprint density at radius 3 is 2.55 bits per heavy atom. The van der Waals surface area contributed by atoms with E-state index in [2.05, 4.69) is 5.32 Å². The first-order chi connectivity index (χ1) is 9.63. The summed E-state index contributed by atoms with van der Waals surface area (Å²) in [7, 11) is 0. The Labute approximate surface area is 123 Å². The molecule has 110 valence electrons. The largest absolute Gasteiger partial charge is 0.394 e. The zero-order valence-corrected chi connectivity index (χ0v) is 12.2. The fraction of sp³-hybridized carbons (Fsp3) is 0.533. The van der Waals surface area contributed by atoms with Gasteiger partial charge in [0.25, 0.3) is 0 Å². The van der Waals surface area contributed by atoms with E-state index in [1.54, 1.807) is 12.1 Å². The first kappa shape index (κ1) is 15.3. The van der Waals surface area contributed by atoms with Gasteiger partial charge in [-0.2, -0.15) is 0 Å². The summed E-state index contributed by atoms with van der Waals surface area (Å²) in [6.07, 6.45) is 4.25. The van der Waals surface area contributed by atoms with Gasteiger partial charge in [0.05, 0.1) is 12.1 Å². The van der Waals surface area contributed by atoms with Gasteiger partial charge < -0.3 is 10.4 Å². The van der Waals surface area contributed by atoms with Gasteiger partial charge in [-0.3, -0.25) is 4.79 Å². The summed E-state index contributed by atoms with van der Waals surface area (Å²) in [5.41, 5.74) is -0.391. The van der Waals surface area contributed by atoms with E-state index in [1.807, 2.05) is 0 Å². The minimum Gasteiger partial charge on any atom is -0.394 e. The van der Waals surface area contributed by atoms with E-state index in [-0.39, 0.29) is 18.3 Å². The number of carbonyl (C=O) groups is 1. The smallest absolute Gasteiger partial charge is 0.221 e. The SMILES string of the molecule is O=C(CCSc1ccc(F)cc1)NC1(CO)CCCC1. The number of halogens is 1. The number of amides is 1. The lowest BCUT2D eigenvalue weighted by atomic mass is 9.99. The van der Waals surface area contributed by atoms with E-state index in [0.29, 0.717) is 12.2 Å². The summed E-state index contributed by atoms with van der Waals surface area (Å²) in [6.45, 7) is 0.0177. The van der Waals surface area contributed by atoms with Crippen molar-refractivity contribution >= 4 is 17.7 Å². The van der Waals surface area contributed by atoms with E-state index in [1.165, 1.54) is 23.9 Å². The van der Waals surface area contributed by atoms with Crippen LogP contribution in [-0.4, -0.2) is 28.9 Å². The van der Waals surface area contributed by atoms with Crippen molar-refractivity contribution in [2.45, 2.75) is 42.5 Å². The first-order valence-electron chi connectivity index (χ1n) is 6.94. The van der Waals surface area contributed by atoms with E-state index < -0.39 is 5.54 Å². The van der Waals surface area contributed by atoms with Crippen LogP contribution >= 0.6 is 11.8 Å². The number of aliphatic hydroxyl groups excluding tert-OH is 1. The highest BCUT2D eigenvalue weighted by molar-refractivity contribution is 7.99. The Morgan fingerprint density at radius 2 is 1.95 bits per heavy atom. The Hall–Kier alpha value is -1.07. The number of aliphatic hydroxyl groups is 1. The van der Waals surface area contributed by atoms with E-state index in [0.717, 1.165) is 30.6 Å².